The molecule has 0 amide bonds. The van der Waals surface area contributed by atoms with Crippen molar-refractivity contribution in [1.29, 1.82) is 0 Å². The summed E-state index contributed by atoms with van der Waals surface area (Å²) in [6.07, 6.45) is 6.20. The average molecular weight is 387 g/mol. The lowest BCUT2D eigenvalue weighted by atomic mass is 9.75. The Kier molecular flexibility index (Phi) is 6.52. The molecule has 4 nitrogen and oxygen atoms in total. The zero-order valence-corrected chi connectivity index (χ0v) is 17.3. The van der Waals surface area contributed by atoms with Gasteiger partial charge >= 0.3 is 0 Å². The van der Waals surface area contributed by atoms with Gasteiger partial charge in [0.2, 0.25) is 0 Å². The van der Waals surface area contributed by atoms with Gasteiger partial charge in [-0.15, -0.1) is 0 Å². The minimum Gasteiger partial charge on any atom is -0.378 e. The molecule has 1 aliphatic rings. The van der Waals surface area contributed by atoms with Crippen LogP contribution in [0.25, 0.3) is 0 Å². The largest absolute Gasteiger partial charge is 0.378 e. The molecule has 1 saturated carbocycles. The van der Waals surface area contributed by atoms with E-state index in [2.05, 4.69) is 25.8 Å². The summed E-state index contributed by atoms with van der Waals surface area (Å²) in [4.78, 5) is 4.08. The van der Waals surface area contributed by atoms with E-state index in [1.807, 2.05) is 18.2 Å². The standard InChI is InChI=1S/C22H30NO3P/c1-16(2)20-12-11-17(3)14-21(20)26-27(25,19-9-5-4-6-10-19)22(24)18-8-7-13-23-15-18/h4-10,13,15-17,20-22,24H,11-12,14H2,1-3H3/t17-,20-,21+,22-,27+/m1/s1. The second-order valence-electron chi connectivity index (χ2n) is 8.06. The van der Waals surface area contributed by atoms with Crippen LogP contribution in [0, 0.1) is 17.8 Å². The molecule has 0 unspecified atom stereocenters. The predicted octanol–water partition coefficient (Wildman–Crippen LogP) is 5.15. The lowest BCUT2D eigenvalue weighted by Gasteiger charge is -2.39. The van der Waals surface area contributed by atoms with Gasteiger partial charge in [-0.2, -0.15) is 0 Å². The third-order valence-electron chi connectivity index (χ3n) is 5.67. The topological polar surface area (TPSA) is 59.4 Å². The van der Waals surface area contributed by atoms with E-state index in [9.17, 15) is 9.67 Å². The van der Waals surface area contributed by atoms with E-state index in [1.54, 1.807) is 36.7 Å². The van der Waals surface area contributed by atoms with Crippen LogP contribution in [0.3, 0.4) is 0 Å². The number of pyridine rings is 1. The molecule has 1 aliphatic carbocycles. The molecule has 0 saturated heterocycles. The Labute approximate surface area is 162 Å². The Morgan fingerprint density at radius 1 is 1.15 bits per heavy atom. The van der Waals surface area contributed by atoms with Crippen LogP contribution in [0.2, 0.25) is 0 Å². The van der Waals surface area contributed by atoms with Gasteiger partial charge in [-0.1, -0.05) is 51.5 Å². The Morgan fingerprint density at radius 2 is 1.89 bits per heavy atom. The van der Waals surface area contributed by atoms with Gasteiger partial charge in [-0.3, -0.25) is 9.55 Å². The molecular formula is C22H30NO3P. The molecule has 27 heavy (non-hydrogen) atoms. The molecule has 1 N–H and O–H groups in total. The quantitative estimate of drug-likeness (QED) is 0.696. The maximum atomic E-state index is 14.2. The third-order valence-corrected chi connectivity index (χ3v) is 8.22. The van der Waals surface area contributed by atoms with E-state index in [0.29, 0.717) is 28.6 Å². The van der Waals surface area contributed by atoms with Crippen molar-refractivity contribution in [2.24, 2.45) is 17.8 Å². The smallest absolute Gasteiger partial charge is 0.264 e. The predicted molar refractivity (Wildman–Crippen MR) is 109 cm³/mol. The molecular weight excluding hydrogens is 357 g/mol. The van der Waals surface area contributed by atoms with Crippen LogP contribution in [0.4, 0.5) is 0 Å². The fourth-order valence-electron chi connectivity index (χ4n) is 4.06. The Balaban J connectivity index is 1.98. The Hall–Kier alpha value is -1.48. The highest BCUT2D eigenvalue weighted by molar-refractivity contribution is 7.67. The highest BCUT2D eigenvalue weighted by Gasteiger charge is 2.42. The number of aliphatic hydroxyl groups excluding tert-OH is 1. The van der Waals surface area contributed by atoms with Crippen LogP contribution in [0.15, 0.2) is 54.9 Å². The summed E-state index contributed by atoms with van der Waals surface area (Å²) in [5.74, 6) is 0.102. The molecule has 5 heteroatoms. The van der Waals surface area contributed by atoms with Crippen molar-refractivity contribution in [2.75, 3.05) is 0 Å². The molecule has 0 radical (unpaired) electrons. The second-order valence-corrected chi connectivity index (χ2v) is 10.5. The zero-order chi connectivity index (χ0) is 19.4. The number of rotatable bonds is 6. The summed E-state index contributed by atoms with van der Waals surface area (Å²) in [7, 11) is -3.54. The SMILES string of the molecule is CC(C)[C@H]1CC[C@@H](C)C[C@@H]1O[P@@](=O)(c1ccccc1)[C@@H](O)c1cccnc1. The van der Waals surface area contributed by atoms with Crippen molar-refractivity contribution >= 4 is 12.7 Å². The van der Waals surface area contributed by atoms with Gasteiger partial charge in [-0.05, 0) is 48.8 Å². The number of hydrogen-bond donors (Lipinski definition) is 1. The summed E-state index contributed by atoms with van der Waals surface area (Å²) in [6.45, 7) is 6.61. The number of aromatic nitrogens is 1. The molecule has 1 heterocycles. The fourth-order valence-corrected chi connectivity index (χ4v) is 6.35. The maximum absolute atomic E-state index is 14.2. The fraction of sp³-hybridized carbons (Fsp3) is 0.500. The Bertz CT molecular complexity index is 766. The maximum Gasteiger partial charge on any atom is 0.264 e. The van der Waals surface area contributed by atoms with Crippen molar-refractivity contribution < 1.29 is 14.2 Å². The van der Waals surface area contributed by atoms with Crippen molar-refractivity contribution in [3.63, 3.8) is 0 Å². The second kappa shape index (κ2) is 8.68. The summed E-state index contributed by atoms with van der Waals surface area (Å²) < 4.78 is 20.6. The van der Waals surface area contributed by atoms with Crippen LogP contribution in [-0.4, -0.2) is 16.2 Å². The number of nitrogens with zero attached hydrogens (tertiary/aromatic N) is 1. The first-order chi connectivity index (χ1) is 12.9. The molecule has 0 bridgehead atoms. The van der Waals surface area contributed by atoms with Crippen LogP contribution in [0.1, 0.15) is 51.4 Å². The van der Waals surface area contributed by atoms with Crippen LogP contribution in [0.5, 0.6) is 0 Å². The van der Waals surface area contributed by atoms with Gasteiger partial charge in [0, 0.05) is 23.3 Å². The van der Waals surface area contributed by atoms with Gasteiger partial charge in [0.05, 0.1) is 6.10 Å². The molecule has 1 fully saturated rings. The number of benzene rings is 1. The van der Waals surface area contributed by atoms with Crippen molar-refractivity contribution in [3.8, 4) is 0 Å². The Morgan fingerprint density at radius 3 is 2.52 bits per heavy atom. The van der Waals surface area contributed by atoms with Crippen molar-refractivity contribution in [1.82, 2.24) is 4.98 Å². The molecule has 1 aromatic carbocycles. The van der Waals surface area contributed by atoms with Crippen molar-refractivity contribution in [3.05, 3.63) is 60.4 Å². The number of hydrogen-bond acceptors (Lipinski definition) is 4. The molecule has 5 atom stereocenters. The van der Waals surface area contributed by atoms with E-state index >= 15 is 0 Å². The third kappa shape index (κ3) is 4.51. The summed E-state index contributed by atoms with van der Waals surface area (Å²) in [5, 5.41) is 11.6. The van der Waals surface area contributed by atoms with E-state index in [1.165, 1.54) is 6.42 Å². The van der Waals surface area contributed by atoms with E-state index in [0.717, 1.165) is 12.8 Å². The minimum atomic E-state index is -3.54. The van der Waals surface area contributed by atoms with Crippen LogP contribution < -0.4 is 5.30 Å². The van der Waals surface area contributed by atoms with E-state index in [-0.39, 0.29) is 6.10 Å². The van der Waals surface area contributed by atoms with Gasteiger partial charge < -0.3 is 9.63 Å². The molecule has 1 aromatic heterocycles. The zero-order valence-electron chi connectivity index (χ0n) is 16.4. The van der Waals surface area contributed by atoms with E-state index < -0.39 is 13.2 Å². The van der Waals surface area contributed by atoms with Crippen LogP contribution in [-0.2, 0) is 9.09 Å². The summed E-state index contributed by atoms with van der Waals surface area (Å²) >= 11 is 0. The van der Waals surface area contributed by atoms with Gasteiger partial charge in [-0.25, -0.2) is 0 Å². The molecule has 2 aromatic rings. The lowest BCUT2D eigenvalue weighted by molar-refractivity contribution is 0.0427. The van der Waals surface area contributed by atoms with Crippen LogP contribution >= 0.6 is 7.37 Å². The molecule has 3 rings (SSSR count). The normalized spacial score (nSPS) is 26.5. The van der Waals surface area contributed by atoms with Crippen molar-refractivity contribution in [2.45, 2.75) is 52.0 Å². The highest BCUT2D eigenvalue weighted by Crippen LogP contribution is 2.60. The monoisotopic (exact) mass is 387 g/mol. The highest BCUT2D eigenvalue weighted by atomic mass is 31.2. The molecule has 0 spiro atoms. The summed E-state index contributed by atoms with van der Waals surface area (Å²) in [5.41, 5.74) is 0.523. The first-order valence-corrected chi connectivity index (χ1v) is 11.5. The van der Waals surface area contributed by atoms with Gasteiger partial charge in [0.1, 0.15) is 0 Å². The average Bonchev–Trinajstić information content (AvgIpc) is 2.68. The molecule has 146 valence electrons. The molecule has 0 aliphatic heterocycles. The minimum absolute atomic E-state index is 0.119. The van der Waals surface area contributed by atoms with Gasteiger partial charge in [0.15, 0.2) is 5.85 Å². The van der Waals surface area contributed by atoms with Gasteiger partial charge in [0.25, 0.3) is 7.37 Å². The first kappa shape index (κ1) is 20.3. The van der Waals surface area contributed by atoms with E-state index in [4.69, 9.17) is 4.52 Å². The summed E-state index contributed by atoms with van der Waals surface area (Å²) in [6, 6.07) is 12.6. The lowest BCUT2D eigenvalue weighted by Crippen LogP contribution is -2.35. The first-order valence-electron chi connectivity index (χ1n) is 9.83. The number of aliphatic hydroxyl groups is 1.